The molecule has 3 aliphatic heterocycles. The standard InChI is InChI=1S/C26H23F3N6O/c1-17-25(23(36)35(32-17)20-6-3-2-4-7-20)15-18-14-19(26(27,28)29)8-9-21(18)34-13-12-33(16-22(25)34)24-30-10-5-11-31-24/h2-11,14,22H,12-13,15-16H2,1H3. The topological polar surface area (TPSA) is 64.9 Å². The predicted octanol–water partition coefficient (Wildman–Crippen LogP) is 4.16. The summed E-state index contributed by atoms with van der Waals surface area (Å²) in [6.07, 6.45) is -0.997. The molecule has 3 aliphatic rings. The van der Waals surface area contributed by atoms with Crippen LogP contribution in [0.5, 0.6) is 0 Å². The minimum Gasteiger partial charge on any atom is -0.363 e. The molecule has 1 spiro atoms. The van der Waals surface area contributed by atoms with Crippen LogP contribution in [-0.4, -0.2) is 47.3 Å². The highest BCUT2D eigenvalue weighted by Gasteiger charge is 2.60. The number of alkyl halides is 3. The lowest BCUT2D eigenvalue weighted by atomic mass is 9.67. The molecule has 7 nitrogen and oxygen atoms in total. The molecule has 10 heteroatoms. The number of carbonyl (C=O) groups excluding carboxylic acids is 1. The number of carbonyl (C=O) groups is 1. The van der Waals surface area contributed by atoms with Gasteiger partial charge in [0.1, 0.15) is 5.41 Å². The number of piperazine rings is 1. The third-order valence-electron chi connectivity index (χ3n) is 7.44. The minimum atomic E-state index is -4.47. The molecule has 1 aromatic heterocycles. The molecule has 0 bridgehead atoms. The Morgan fingerprint density at radius 1 is 1.00 bits per heavy atom. The molecule has 2 atom stereocenters. The highest BCUT2D eigenvalue weighted by Crippen LogP contribution is 2.49. The number of hydrogen-bond donors (Lipinski definition) is 0. The van der Waals surface area contributed by atoms with Crippen LogP contribution in [0.15, 0.2) is 72.1 Å². The number of benzene rings is 2. The Morgan fingerprint density at radius 2 is 1.75 bits per heavy atom. The predicted molar refractivity (Wildman–Crippen MR) is 130 cm³/mol. The van der Waals surface area contributed by atoms with E-state index in [-0.39, 0.29) is 18.4 Å². The van der Waals surface area contributed by atoms with Gasteiger partial charge in [-0.25, -0.2) is 9.97 Å². The Balaban J connectivity index is 1.48. The average Bonchev–Trinajstić information content (AvgIpc) is 3.14. The van der Waals surface area contributed by atoms with Gasteiger partial charge in [-0.15, -0.1) is 0 Å². The molecule has 0 aliphatic carbocycles. The summed E-state index contributed by atoms with van der Waals surface area (Å²) in [7, 11) is 0. The lowest BCUT2D eigenvalue weighted by molar-refractivity contribution is -0.137. The smallest absolute Gasteiger partial charge is 0.363 e. The summed E-state index contributed by atoms with van der Waals surface area (Å²) in [5.74, 6) is 0.325. The first-order chi connectivity index (χ1) is 17.3. The zero-order valence-electron chi connectivity index (χ0n) is 19.5. The van der Waals surface area contributed by atoms with E-state index in [2.05, 4.69) is 20.0 Å². The van der Waals surface area contributed by atoms with E-state index in [1.165, 1.54) is 17.1 Å². The van der Waals surface area contributed by atoms with Crippen molar-refractivity contribution in [3.63, 3.8) is 0 Å². The normalized spacial score (nSPS) is 23.6. The van der Waals surface area contributed by atoms with Crippen molar-refractivity contribution in [2.24, 2.45) is 10.5 Å². The number of halogens is 3. The number of hydrazone groups is 1. The summed E-state index contributed by atoms with van der Waals surface area (Å²) in [4.78, 5) is 27.1. The SMILES string of the molecule is CC1=NN(c2ccccc2)C(=O)C12Cc1cc(C(F)(F)F)ccc1N1CCN(c3ncccn3)CC12. The van der Waals surface area contributed by atoms with Crippen molar-refractivity contribution in [1.82, 2.24) is 9.97 Å². The van der Waals surface area contributed by atoms with Gasteiger partial charge >= 0.3 is 6.18 Å². The van der Waals surface area contributed by atoms with E-state index >= 15 is 0 Å². The molecule has 0 N–H and O–H groups in total. The molecule has 1 saturated heterocycles. The first-order valence-corrected chi connectivity index (χ1v) is 11.7. The van der Waals surface area contributed by atoms with Gasteiger partial charge in [0.05, 0.1) is 23.0 Å². The average molecular weight is 493 g/mol. The van der Waals surface area contributed by atoms with Crippen LogP contribution in [0, 0.1) is 5.41 Å². The monoisotopic (exact) mass is 492 g/mol. The Kier molecular flexibility index (Phi) is 5.03. The van der Waals surface area contributed by atoms with E-state index in [0.717, 1.165) is 11.8 Å². The molecule has 1 fully saturated rings. The Morgan fingerprint density at radius 3 is 2.47 bits per heavy atom. The quantitative estimate of drug-likeness (QED) is 0.538. The van der Waals surface area contributed by atoms with Crippen molar-refractivity contribution in [2.45, 2.75) is 25.6 Å². The highest BCUT2D eigenvalue weighted by molar-refractivity contribution is 6.20. The minimum absolute atomic E-state index is 0.133. The van der Waals surface area contributed by atoms with Gasteiger partial charge in [0.25, 0.3) is 5.91 Å². The number of nitrogens with zero attached hydrogens (tertiary/aromatic N) is 6. The van der Waals surface area contributed by atoms with Gasteiger partial charge < -0.3 is 9.80 Å². The van der Waals surface area contributed by atoms with Gasteiger partial charge in [0, 0.05) is 37.7 Å². The highest BCUT2D eigenvalue weighted by atomic mass is 19.4. The zero-order chi connectivity index (χ0) is 25.1. The Hall–Kier alpha value is -3.95. The largest absolute Gasteiger partial charge is 0.416 e. The molecular weight excluding hydrogens is 469 g/mol. The van der Waals surface area contributed by atoms with Gasteiger partial charge in [-0.2, -0.15) is 23.3 Å². The lowest BCUT2D eigenvalue weighted by Crippen LogP contribution is -2.67. The van der Waals surface area contributed by atoms with Gasteiger partial charge in [-0.3, -0.25) is 4.79 Å². The summed E-state index contributed by atoms with van der Waals surface area (Å²) in [5.41, 5.74) is 0.602. The number of amides is 1. The molecule has 3 aromatic rings. The van der Waals surface area contributed by atoms with Crippen LogP contribution in [0.2, 0.25) is 0 Å². The molecule has 6 rings (SSSR count). The lowest BCUT2D eigenvalue weighted by Gasteiger charge is -2.53. The van der Waals surface area contributed by atoms with Crippen LogP contribution in [0.3, 0.4) is 0 Å². The molecule has 0 saturated carbocycles. The van der Waals surface area contributed by atoms with E-state index in [9.17, 15) is 18.0 Å². The second kappa shape index (κ2) is 8.04. The molecule has 4 heterocycles. The van der Waals surface area contributed by atoms with Crippen molar-refractivity contribution in [3.05, 3.63) is 78.1 Å². The van der Waals surface area contributed by atoms with E-state index in [4.69, 9.17) is 0 Å². The van der Waals surface area contributed by atoms with E-state index in [1.54, 1.807) is 37.5 Å². The first-order valence-electron chi connectivity index (χ1n) is 11.7. The second-order valence-corrected chi connectivity index (χ2v) is 9.33. The van der Waals surface area contributed by atoms with E-state index < -0.39 is 17.2 Å². The van der Waals surface area contributed by atoms with E-state index in [1.807, 2.05) is 23.1 Å². The van der Waals surface area contributed by atoms with Gasteiger partial charge in [-0.05, 0) is 55.3 Å². The van der Waals surface area contributed by atoms with Crippen LogP contribution in [0.1, 0.15) is 18.1 Å². The fraction of sp³-hybridized carbons (Fsp3) is 0.308. The van der Waals surface area contributed by atoms with Crippen molar-refractivity contribution in [1.29, 1.82) is 0 Å². The number of aromatic nitrogens is 2. The summed E-state index contributed by atoms with van der Waals surface area (Å²) in [6.45, 7) is 3.32. The molecule has 36 heavy (non-hydrogen) atoms. The number of anilines is 3. The maximum atomic E-state index is 14.2. The Bertz CT molecular complexity index is 1350. The van der Waals surface area contributed by atoms with Crippen molar-refractivity contribution in [2.75, 3.05) is 34.4 Å². The summed E-state index contributed by atoms with van der Waals surface area (Å²) < 4.78 is 40.8. The summed E-state index contributed by atoms with van der Waals surface area (Å²) in [6, 6.07) is 14.3. The number of fused-ring (bicyclic) bond motifs is 4. The van der Waals surface area contributed by atoms with Crippen LogP contribution in [0.25, 0.3) is 0 Å². The number of para-hydroxylation sites is 1. The van der Waals surface area contributed by atoms with Crippen molar-refractivity contribution in [3.8, 4) is 0 Å². The van der Waals surface area contributed by atoms with Crippen molar-refractivity contribution >= 4 is 28.9 Å². The van der Waals surface area contributed by atoms with Crippen LogP contribution in [-0.2, 0) is 17.4 Å². The summed E-state index contributed by atoms with van der Waals surface area (Å²) in [5, 5.41) is 6.04. The molecular formula is C26H23F3N6O. The summed E-state index contributed by atoms with van der Waals surface area (Å²) >= 11 is 0. The third-order valence-corrected chi connectivity index (χ3v) is 7.44. The fourth-order valence-corrected chi connectivity index (χ4v) is 5.69. The maximum Gasteiger partial charge on any atom is 0.416 e. The second-order valence-electron chi connectivity index (χ2n) is 9.33. The van der Waals surface area contributed by atoms with Gasteiger partial charge in [-0.1, -0.05) is 18.2 Å². The molecule has 184 valence electrons. The third kappa shape index (κ3) is 3.35. The van der Waals surface area contributed by atoms with Gasteiger partial charge in [0.15, 0.2) is 0 Å². The number of hydrogen-bond acceptors (Lipinski definition) is 6. The molecule has 2 aromatic carbocycles. The Labute approximate surface area is 205 Å². The first kappa shape index (κ1) is 22.5. The van der Waals surface area contributed by atoms with E-state index in [0.29, 0.717) is 42.5 Å². The van der Waals surface area contributed by atoms with Crippen LogP contribution in [0.4, 0.5) is 30.5 Å². The fourth-order valence-electron chi connectivity index (χ4n) is 5.69. The molecule has 1 amide bonds. The van der Waals surface area contributed by atoms with Crippen LogP contribution < -0.4 is 14.8 Å². The molecule has 2 unspecified atom stereocenters. The molecule has 0 radical (unpaired) electrons. The zero-order valence-corrected chi connectivity index (χ0v) is 19.5. The number of rotatable bonds is 2. The van der Waals surface area contributed by atoms with Gasteiger partial charge in [0.2, 0.25) is 5.95 Å². The maximum absolute atomic E-state index is 14.2. The van der Waals surface area contributed by atoms with Crippen LogP contribution >= 0.6 is 0 Å². The van der Waals surface area contributed by atoms with Crippen molar-refractivity contribution < 1.29 is 18.0 Å².